The van der Waals surface area contributed by atoms with E-state index in [4.69, 9.17) is 0 Å². The highest BCUT2D eigenvalue weighted by Crippen LogP contribution is 2.10. The Kier molecular flexibility index (Phi) is 7.41. The first-order valence-corrected chi connectivity index (χ1v) is 7.92. The monoisotopic (exact) mass is 320 g/mol. The quantitative estimate of drug-likeness (QED) is 0.601. The van der Waals surface area contributed by atoms with E-state index in [0.717, 1.165) is 4.90 Å². The summed E-state index contributed by atoms with van der Waals surface area (Å²) in [5, 5.41) is 5.57. The molecule has 126 valence electrons. The summed E-state index contributed by atoms with van der Waals surface area (Å²) in [4.78, 5) is 36.2. The van der Waals surface area contributed by atoms with E-state index in [2.05, 4.69) is 10.6 Å². The highest BCUT2D eigenvalue weighted by atomic mass is 16.2. The van der Waals surface area contributed by atoms with Gasteiger partial charge in [-0.25, -0.2) is 0 Å². The normalized spacial score (nSPS) is 13.0. The fourth-order valence-corrected chi connectivity index (χ4v) is 2.27. The summed E-state index contributed by atoms with van der Waals surface area (Å²) in [6, 6.07) is 6.42. The first kappa shape index (κ1) is 18.8. The molecule has 0 aliphatic carbocycles. The predicted octanol–water partition coefficient (Wildman–Crippen LogP) is 0.257. The molecule has 1 unspecified atom stereocenters. The van der Waals surface area contributed by atoms with Gasteiger partial charge >= 0.3 is 0 Å². The van der Waals surface area contributed by atoms with E-state index >= 15 is 0 Å². The summed E-state index contributed by atoms with van der Waals surface area (Å²) in [5.41, 5.74) is 1.24. The maximum Gasteiger partial charge on any atom is 0.282 e. The maximum absolute atomic E-state index is 12.3. The number of ketones is 1. The van der Waals surface area contributed by atoms with Gasteiger partial charge in [0.15, 0.2) is 18.4 Å². The number of quaternary nitrogens is 1. The minimum atomic E-state index is -0.352. The van der Waals surface area contributed by atoms with E-state index in [-0.39, 0.29) is 30.2 Å². The minimum Gasteiger partial charge on any atom is -0.351 e. The third-order valence-electron chi connectivity index (χ3n) is 3.78. The van der Waals surface area contributed by atoms with Crippen LogP contribution in [0.2, 0.25) is 0 Å². The molecule has 0 spiro atoms. The summed E-state index contributed by atoms with van der Waals surface area (Å²) < 4.78 is 0. The van der Waals surface area contributed by atoms with Crippen LogP contribution in [-0.2, 0) is 9.59 Å². The third-order valence-corrected chi connectivity index (χ3v) is 3.78. The highest BCUT2D eigenvalue weighted by molar-refractivity contribution is 5.96. The van der Waals surface area contributed by atoms with Gasteiger partial charge in [0.25, 0.3) is 11.8 Å². The van der Waals surface area contributed by atoms with Gasteiger partial charge in [-0.3, -0.25) is 14.4 Å². The standard InChI is InChI=1S/C17H25N3O3/c1-5-18-16(22)11-20(6-2)12(3)17(23)19-15-9-7-14(8-10-15)13(4)21/h7-10,12H,5-6,11H2,1-4H3,(H,18,22)(H,19,23)/p+1/t12-/m1/s1. The Morgan fingerprint density at radius 3 is 2.22 bits per heavy atom. The van der Waals surface area contributed by atoms with Gasteiger partial charge in [0.1, 0.15) is 0 Å². The Labute approximate surface area is 137 Å². The van der Waals surface area contributed by atoms with Gasteiger partial charge in [-0.1, -0.05) is 0 Å². The van der Waals surface area contributed by atoms with Gasteiger partial charge in [-0.05, 0) is 52.0 Å². The van der Waals surface area contributed by atoms with Crippen molar-refractivity contribution in [2.45, 2.75) is 33.7 Å². The SMILES string of the molecule is CCNC(=O)C[NH+](CC)[C@H](C)C(=O)Nc1ccc(C(C)=O)cc1. The van der Waals surface area contributed by atoms with Crippen molar-refractivity contribution in [2.75, 3.05) is 25.0 Å². The topological polar surface area (TPSA) is 79.7 Å². The van der Waals surface area contributed by atoms with Crippen LogP contribution in [-0.4, -0.2) is 43.3 Å². The zero-order valence-electron chi connectivity index (χ0n) is 14.2. The zero-order valence-corrected chi connectivity index (χ0v) is 14.2. The van der Waals surface area contributed by atoms with E-state index in [1.165, 1.54) is 6.92 Å². The van der Waals surface area contributed by atoms with Crippen molar-refractivity contribution in [1.29, 1.82) is 0 Å². The molecule has 2 amide bonds. The molecule has 0 heterocycles. The summed E-state index contributed by atoms with van der Waals surface area (Å²) in [5.74, 6) is -0.226. The smallest absolute Gasteiger partial charge is 0.282 e. The van der Waals surface area contributed by atoms with Gasteiger partial charge in [0.2, 0.25) is 0 Å². The number of nitrogens with one attached hydrogen (secondary N) is 3. The molecule has 2 atom stereocenters. The van der Waals surface area contributed by atoms with Crippen LogP contribution in [0.5, 0.6) is 0 Å². The van der Waals surface area contributed by atoms with Crippen LogP contribution in [0.1, 0.15) is 38.1 Å². The van der Waals surface area contributed by atoms with Gasteiger partial charge in [0.05, 0.1) is 6.54 Å². The first-order valence-electron chi connectivity index (χ1n) is 7.92. The van der Waals surface area contributed by atoms with E-state index in [0.29, 0.717) is 24.3 Å². The summed E-state index contributed by atoms with van der Waals surface area (Å²) in [6.45, 7) is 8.64. The van der Waals surface area contributed by atoms with Crippen LogP contribution in [0, 0.1) is 0 Å². The van der Waals surface area contributed by atoms with Crippen molar-refractivity contribution in [3.8, 4) is 0 Å². The fraction of sp³-hybridized carbons (Fsp3) is 0.471. The van der Waals surface area contributed by atoms with E-state index in [1.54, 1.807) is 31.2 Å². The molecule has 1 aromatic carbocycles. The molecule has 23 heavy (non-hydrogen) atoms. The van der Waals surface area contributed by atoms with Gasteiger partial charge in [-0.2, -0.15) is 0 Å². The van der Waals surface area contributed by atoms with Gasteiger partial charge in [-0.15, -0.1) is 0 Å². The van der Waals surface area contributed by atoms with E-state index in [1.807, 2.05) is 13.8 Å². The first-order chi connectivity index (χ1) is 10.9. The molecule has 0 radical (unpaired) electrons. The summed E-state index contributed by atoms with van der Waals surface area (Å²) >= 11 is 0. The highest BCUT2D eigenvalue weighted by Gasteiger charge is 2.25. The molecule has 0 aromatic heterocycles. The molecule has 0 bridgehead atoms. The zero-order chi connectivity index (χ0) is 17.4. The average Bonchev–Trinajstić information content (AvgIpc) is 2.52. The maximum atomic E-state index is 12.3. The number of Topliss-reactive ketones (excluding diaryl/α,β-unsaturated/α-hetero) is 1. The summed E-state index contributed by atoms with van der Waals surface area (Å²) in [6.07, 6.45) is 0. The second-order valence-electron chi connectivity index (χ2n) is 5.49. The molecule has 0 fully saturated rings. The lowest BCUT2D eigenvalue weighted by Gasteiger charge is -2.23. The molecule has 0 saturated carbocycles. The number of likely N-dealkylation sites (N-methyl/N-ethyl adjacent to an activating group) is 2. The molecule has 3 N–H and O–H groups in total. The molecule has 0 saturated heterocycles. The van der Waals surface area contributed by atoms with Gasteiger partial charge in [0, 0.05) is 17.8 Å². The number of hydrogen-bond acceptors (Lipinski definition) is 3. The molecule has 1 rings (SSSR count). The molecule has 0 aliphatic heterocycles. The number of amides is 2. The number of carbonyl (C=O) groups excluding carboxylic acids is 3. The number of carbonyl (C=O) groups is 3. The Morgan fingerprint density at radius 2 is 1.74 bits per heavy atom. The lowest BCUT2D eigenvalue weighted by molar-refractivity contribution is -0.904. The Hall–Kier alpha value is -2.21. The number of anilines is 1. The second-order valence-corrected chi connectivity index (χ2v) is 5.49. The van der Waals surface area contributed by atoms with Crippen LogP contribution >= 0.6 is 0 Å². The second kappa shape index (κ2) is 9.05. The molecular formula is C17H26N3O3+. The lowest BCUT2D eigenvalue weighted by atomic mass is 10.1. The van der Waals surface area contributed by atoms with E-state index < -0.39 is 0 Å². The lowest BCUT2D eigenvalue weighted by Crippen LogP contribution is -3.17. The van der Waals surface area contributed by atoms with Crippen molar-refractivity contribution in [3.05, 3.63) is 29.8 Å². The molecular weight excluding hydrogens is 294 g/mol. The third kappa shape index (κ3) is 5.83. The van der Waals surface area contributed by atoms with Gasteiger partial charge < -0.3 is 15.5 Å². The molecule has 6 heteroatoms. The molecule has 1 aromatic rings. The fourth-order valence-electron chi connectivity index (χ4n) is 2.27. The van der Waals surface area contributed by atoms with Crippen molar-refractivity contribution in [1.82, 2.24) is 5.32 Å². The van der Waals surface area contributed by atoms with Crippen LogP contribution in [0.3, 0.4) is 0 Å². The number of hydrogen-bond donors (Lipinski definition) is 3. The Bertz CT molecular complexity index is 555. The average molecular weight is 320 g/mol. The van der Waals surface area contributed by atoms with Crippen LogP contribution in [0.25, 0.3) is 0 Å². The van der Waals surface area contributed by atoms with Crippen molar-refractivity contribution in [3.63, 3.8) is 0 Å². The molecule has 0 aliphatic rings. The van der Waals surface area contributed by atoms with Crippen molar-refractivity contribution < 1.29 is 19.3 Å². The van der Waals surface area contributed by atoms with E-state index in [9.17, 15) is 14.4 Å². The Morgan fingerprint density at radius 1 is 1.13 bits per heavy atom. The predicted molar refractivity (Wildman–Crippen MR) is 89.6 cm³/mol. The van der Waals surface area contributed by atoms with Crippen molar-refractivity contribution in [2.24, 2.45) is 0 Å². The summed E-state index contributed by atoms with van der Waals surface area (Å²) in [7, 11) is 0. The van der Waals surface area contributed by atoms with Crippen LogP contribution in [0.15, 0.2) is 24.3 Å². The largest absolute Gasteiger partial charge is 0.351 e. The molecule has 6 nitrogen and oxygen atoms in total. The van der Waals surface area contributed by atoms with Crippen LogP contribution < -0.4 is 15.5 Å². The number of benzene rings is 1. The number of rotatable bonds is 8. The Balaban J connectivity index is 2.67. The minimum absolute atomic E-state index is 0.0141. The van der Waals surface area contributed by atoms with Crippen molar-refractivity contribution >= 4 is 23.3 Å². The van der Waals surface area contributed by atoms with Crippen LogP contribution in [0.4, 0.5) is 5.69 Å².